The topological polar surface area (TPSA) is 69.0 Å². The second-order valence-electron chi connectivity index (χ2n) is 5.53. The molecule has 0 unspecified atom stereocenters. The minimum Gasteiger partial charge on any atom is -0.496 e. The number of anilines is 1. The van der Waals surface area contributed by atoms with Crippen LogP contribution in [0.1, 0.15) is 19.3 Å². The Morgan fingerprint density at radius 1 is 1.27 bits per heavy atom. The summed E-state index contributed by atoms with van der Waals surface area (Å²) in [5.74, 6) is 0.0839. The van der Waals surface area contributed by atoms with Gasteiger partial charge in [0, 0.05) is 17.0 Å². The van der Waals surface area contributed by atoms with Crippen LogP contribution in [0.3, 0.4) is 0 Å². The first-order chi connectivity index (χ1) is 12.7. The monoisotopic (exact) mass is 378 g/mol. The van der Waals surface area contributed by atoms with Crippen LogP contribution in [-0.2, 0) is 4.79 Å². The lowest BCUT2D eigenvalue weighted by molar-refractivity contribution is -0.105. The number of carbonyl (C=O) groups is 1. The Balaban J connectivity index is 0.000000592. The highest BCUT2D eigenvalue weighted by atomic mass is 32.2. The van der Waals surface area contributed by atoms with Crippen LogP contribution in [0.2, 0.25) is 0 Å². The minimum atomic E-state index is -0.454. The molecule has 136 valence electrons. The Labute approximate surface area is 153 Å². The Kier molecular flexibility index (Phi) is 5.67. The summed E-state index contributed by atoms with van der Waals surface area (Å²) in [4.78, 5) is 14.6. The molecule has 26 heavy (non-hydrogen) atoms. The van der Waals surface area contributed by atoms with Crippen molar-refractivity contribution < 1.29 is 17.8 Å². The van der Waals surface area contributed by atoms with Gasteiger partial charge in [-0.25, -0.2) is 9.37 Å². The van der Waals surface area contributed by atoms with Crippen molar-refractivity contribution in [1.29, 1.82) is 0 Å². The zero-order valence-electron chi connectivity index (χ0n) is 13.9. The van der Waals surface area contributed by atoms with E-state index in [0.717, 1.165) is 4.09 Å². The highest BCUT2D eigenvalue weighted by Crippen LogP contribution is 2.35. The normalized spacial score (nSPS) is 12.3. The number of amides is 1. The number of ether oxygens (including phenoxy) is 1. The molecule has 2 aromatic heterocycles. The second kappa shape index (κ2) is 8.13. The molecule has 1 fully saturated rings. The molecule has 1 aliphatic carbocycles. The molecule has 1 aromatic carbocycles. The first-order valence-electron chi connectivity index (χ1n) is 7.91. The number of carbonyl (C=O) groups excluding carboxylic acids is 1. The largest absolute Gasteiger partial charge is 0.496 e. The third kappa shape index (κ3) is 3.93. The van der Waals surface area contributed by atoms with Crippen molar-refractivity contribution in [1.82, 2.24) is 14.2 Å². The summed E-state index contributed by atoms with van der Waals surface area (Å²) >= 11 is -0.131. The summed E-state index contributed by atoms with van der Waals surface area (Å²) in [7, 11) is 1.41. The van der Waals surface area contributed by atoms with E-state index >= 15 is 0 Å². The van der Waals surface area contributed by atoms with Gasteiger partial charge in [-0.1, -0.05) is 19.3 Å². The number of pyridine rings is 1. The second-order valence-corrected chi connectivity index (χ2v) is 6.01. The zero-order chi connectivity index (χ0) is 18.5. The van der Waals surface area contributed by atoms with Gasteiger partial charge >= 0.3 is 0 Å². The molecule has 0 aliphatic heterocycles. The summed E-state index contributed by atoms with van der Waals surface area (Å²) in [6, 6.07) is 7.19. The number of hydrogen-bond acceptors (Lipinski definition) is 5. The molecule has 0 atom stereocenters. The number of rotatable bonds is 5. The number of benzene rings is 1. The standard InChI is InChI=1S/C14H10F2N4O2S.C3H6/c1-22-11-6-8(15)2-3-9(11)13-10-4-5-12(17-7-21)18-14(10)20(19-13)23-16;1-2-3-1/h2-7H,1H3,(H,17,18,21);1-3H2. The maximum absolute atomic E-state index is 13.3. The number of hydrogen-bond donors (Lipinski definition) is 1. The fourth-order valence-electron chi connectivity index (χ4n) is 2.22. The van der Waals surface area contributed by atoms with Gasteiger partial charge in [-0.15, -0.1) is 3.89 Å². The third-order valence-corrected chi connectivity index (χ3v) is 3.93. The van der Waals surface area contributed by atoms with E-state index in [-0.39, 0.29) is 29.5 Å². The zero-order valence-corrected chi connectivity index (χ0v) is 14.7. The molecule has 1 amide bonds. The quantitative estimate of drug-likeness (QED) is 0.668. The van der Waals surface area contributed by atoms with Crippen LogP contribution in [0.25, 0.3) is 22.3 Å². The number of nitrogens with one attached hydrogen (secondary N) is 1. The average molecular weight is 378 g/mol. The van der Waals surface area contributed by atoms with E-state index in [9.17, 15) is 13.1 Å². The maximum atomic E-state index is 13.3. The number of aromatic nitrogens is 3. The lowest BCUT2D eigenvalue weighted by Crippen LogP contribution is -1.97. The van der Waals surface area contributed by atoms with Crippen LogP contribution in [0.5, 0.6) is 5.75 Å². The molecule has 9 heteroatoms. The van der Waals surface area contributed by atoms with Crippen LogP contribution in [0.15, 0.2) is 30.3 Å². The fourth-order valence-corrected chi connectivity index (χ4v) is 2.54. The molecule has 3 aromatic rings. The minimum absolute atomic E-state index is 0.131. The Hall–Kier alpha value is -2.68. The van der Waals surface area contributed by atoms with Crippen molar-refractivity contribution >= 4 is 35.6 Å². The predicted octanol–water partition coefficient (Wildman–Crippen LogP) is 4.37. The Morgan fingerprint density at radius 3 is 2.65 bits per heavy atom. The average Bonchev–Trinajstić information content (AvgIpc) is 3.49. The molecular weight excluding hydrogens is 362 g/mol. The molecule has 1 saturated carbocycles. The van der Waals surface area contributed by atoms with Gasteiger partial charge in [-0.05, 0) is 24.3 Å². The van der Waals surface area contributed by atoms with Crippen LogP contribution >= 0.6 is 12.3 Å². The summed E-state index contributed by atoms with van der Waals surface area (Å²) < 4.78 is 32.6. The SMILES string of the molecule is C1CC1.COc1cc(F)ccc1-c1nn(SF)c2nc(NC=O)ccc12. The molecule has 0 spiro atoms. The first kappa shape index (κ1) is 18.1. The van der Waals surface area contributed by atoms with Gasteiger partial charge in [0.2, 0.25) is 6.41 Å². The van der Waals surface area contributed by atoms with E-state index in [2.05, 4.69) is 15.4 Å². The van der Waals surface area contributed by atoms with E-state index < -0.39 is 5.82 Å². The molecule has 0 saturated heterocycles. The Morgan fingerprint density at radius 2 is 2.04 bits per heavy atom. The van der Waals surface area contributed by atoms with E-state index in [1.165, 1.54) is 44.6 Å². The van der Waals surface area contributed by atoms with Gasteiger partial charge in [0.25, 0.3) is 0 Å². The number of methoxy groups -OCH3 is 1. The molecule has 1 N–H and O–H groups in total. The number of nitrogens with zero attached hydrogens (tertiary/aromatic N) is 3. The van der Waals surface area contributed by atoms with E-state index in [4.69, 9.17) is 4.74 Å². The predicted molar refractivity (Wildman–Crippen MR) is 97.1 cm³/mol. The molecule has 1 aliphatic rings. The maximum Gasteiger partial charge on any atom is 0.212 e. The van der Waals surface area contributed by atoms with Crippen LogP contribution < -0.4 is 10.1 Å². The first-order valence-corrected chi connectivity index (χ1v) is 8.58. The summed E-state index contributed by atoms with van der Waals surface area (Å²) in [5, 5.41) is 7.07. The summed E-state index contributed by atoms with van der Waals surface area (Å²) in [6.45, 7) is 0. The summed E-state index contributed by atoms with van der Waals surface area (Å²) in [5.41, 5.74) is 1.13. The van der Waals surface area contributed by atoms with Crippen molar-refractivity contribution in [2.75, 3.05) is 12.4 Å². The van der Waals surface area contributed by atoms with Crippen molar-refractivity contribution in [3.8, 4) is 17.0 Å². The van der Waals surface area contributed by atoms with Crippen molar-refractivity contribution in [2.45, 2.75) is 19.3 Å². The van der Waals surface area contributed by atoms with Gasteiger partial charge < -0.3 is 10.1 Å². The molecular formula is C17H16F2N4O2S. The van der Waals surface area contributed by atoms with Gasteiger partial charge in [-0.3, -0.25) is 4.79 Å². The third-order valence-electron chi connectivity index (χ3n) is 3.55. The van der Waals surface area contributed by atoms with E-state index in [1.807, 2.05) is 0 Å². The molecule has 2 heterocycles. The summed E-state index contributed by atoms with van der Waals surface area (Å²) in [6.07, 6.45) is 4.97. The van der Waals surface area contributed by atoms with Crippen LogP contribution in [0.4, 0.5) is 14.1 Å². The van der Waals surface area contributed by atoms with Crippen LogP contribution in [0, 0.1) is 5.82 Å². The molecule has 4 rings (SSSR count). The van der Waals surface area contributed by atoms with Crippen molar-refractivity contribution in [3.05, 3.63) is 36.1 Å². The van der Waals surface area contributed by atoms with E-state index in [0.29, 0.717) is 23.1 Å². The highest BCUT2D eigenvalue weighted by Gasteiger charge is 2.18. The number of halogens is 2. The van der Waals surface area contributed by atoms with Gasteiger partial charge in [0.05, 0.1) is 7.11 Å². The van der Waals surface area contributed by atoms with Gasteiger partial charge in [-0.2, -0.15) is 9.19 Å². The lowest BCUT2D eigenvalue weighted by atomic mass is 10.1. The molecule has 6 nitrogen and oxygen atoms in total. The highest BCUT2D eigenvalue weighted by molar-refractivity contribution is 7.92. The van der Waals surface area contributed by atoms with Crippen molar-refractivity contribution in [2.24, 2.45) is 0 Å². The van der Waals surface area contributed by atoms with Crippen molar-refractivity contribution in [3.63, 3.8) is 0 Å². The lowest BCUT2D eigenvalue weighted by Gasteiger charge is -2.06. The van der Waals surface area contributed by atoms with E-state index in [1.54, 1.807) is 12.1 Å². The van der Waals surface area contributed by atoms with Gasteiger partial charge in [0.15, 0.2) is 18.0 Å². The smallest absolute Gasteiger partial charge is 0.212 e. The van der Waals surface area contributed by atoms with Gasteiger partial charge in [0.1, 0.15) is 23.1 Å². The Bertz CT molecular complexity index is 928. The molecule has 0 bridgehead atoms. The van der Waals surface area contributed by atoms with Crippen LogP contribution in [-0.4, -0.2) is 27.7 Å². The number of fused-ring (bicyclic) bond motifs is 1. The fraction of sp³-hybridized carbons (Fsp3) is 0.235. The molecule has 0 radical (unpaired) electrons.